The van der Waals surface area contributed by atoms with E-state index in [4.69, 9.17) is 0 Å². The van der Waals surface area contributed by atoms with E-state index in [1.807, 2.05) is 19.6 Å². The van der Waals surface area contributed by atoms with Crippen molar-refractivity contribution in [3.63, 3.8) is 0 Å². The van der Waals surface area contributed by atoms with Gasteiger partial charge in [0.15, 0.2) is 0 Å². The van der Waals surface area contributed by atoms with Crippen LogP contribution in [0, 0.1) is 0 Å². The zero-order valence-corrected chi connectivity index (χ0v) is 8.56. The third-order valence-corrected chi connectivity index (χ3v) is 1.38. The van der Waals surface area contributed by atoms with E-state index in [-0.39, 0.29) is 43.6 Å². The monoisotopic (exact) mass is 143 g/mol. The van der Waals surface area contributed by atoms with Crippen LogP contribution in [0.5, 0.6) is 0 Å². The minimum Gasteiger partial charge on any atom is -0.890 e. The van der Waals surface area contributed by atoms with Gasteiger partial charge in [-0.2, -0.15) is 0 Å². The SMILES string of the molecule is C=C([O-])[N-][Si](C)(C)C.[Li+].[Li+]. The predicted octanol–water partition coefficient (Wildman–Crippen LogP) is -4.97. The van der Waals surface area contributed by atoms with Gasteiger partial charge in [-0.25, -0.2) is 5.88 Å². The van der Waals surface area contributed by atoms with Gasteiger partial charge in [0.05, 0.1) is 0 Å². The van der Waals surface area contributed by atoms with Crippen molar-refractivity contribution in [2.75, 3.05) is 0 Å². The zero-order valence-electron chi connectivity index (χ0n) is 7.56. The summed E-state index contributed by atoms with van der Waals surface area (Å²) in [6, 6.07) is 0. The average Bonchev–Trinajstić information content (AvgIpc) is 1.21. The van der Waals surface area contributed by atoms with E-state index in [2.05, 4.69) is 11.6 Å². The summed E-state index contributed by atoms with van der Waals surface area (Å²) in [5.41, 5.74) is 0. The maximum absolute atomic E-state index is 10.2. The Labute approximate surface area is 87.9 Å². The van der Waals surface area contributed by atoms with Crippen molar-refractivity contribution in [3.8, 4) is 0 Å². The summed E-state index contributed by atoms with van der Waals surface area (Å²) in [7, 11) is -1.51. The first-order valence-corrected chi connectivity index (χ1v) is 5.95. The largest absolute Gasteiger partial charge is 1.00 e. The molecular formula is C5H11Li2NOSi. The molecule has 0 bridgehead atoms. The quantitative estimate of drug-likeness (QED) is 0.282. The van der Waals surface area contributed by atoms with Gasteiger partial charge >= 0.3 is 37.7 Å². The Bertz CT molecular complexity index is 102. The first kappa shape index (κ1) is 17.0. The second kappa shape index (κ2) is 6.46. The summed E-state index contributed by atoms with van der Waals surface area (Å²) in [6.45, 7) is 9.14. The Hall–Kier alpha value is 0.752. The van der Waals surface area contributed by atoms with Crippen LogP contribution < -0.4 is 42.8 Å². The van der Waals surface area contributed by atoms with Crippen molar-refractivity contribution in [1.29, 1.82) is 0 Å². The Kier molecular flexibility index (Phi) is 11.0. The minimum atomic E-state index is -1.51. The third kappa shape index (κ3) is 15.9. The molecule has 2 nitrogen and oxygen atoms in total. The number of hydrogen-bond acceptors (Lipinski definition) is 1. The van der Waals surface area contributed by atoms with Gasteiger partial charge in [-0.3, -0.25) is 0 Å². The smallest absolute Gasteiger partial charge is 0.890 e. The van der Waals surface area contributed by atoms with E-state index in [1.165, 1.54) is 0 Å². The molecule has 0 aromatic rings. The van der Waals surface area contributed by atoms with Gasteiger partial charge in [0, 0.05) is 0 Å². The fourth-order valence-electron chi connectivity index (χ4n) is 0.374. The molecule has 0 aliphatic heterocycles. The maximum Gasteiger partial charge on any atom is 1.00 e. The van der Waals surface area contributed by atoms with Crippen LogP contribution in [0.25, 0.3) is 4.98 Å². The maximum atomic E-state index is 10.2. The van der Waals surface area contributed by atoms with E-state index < -0.39 is 8.24 Å². The summed E-state index contributed by atoms with van der Waals surface area (Å²) in [5, 5.41) is 10.2. The standard InChI is InChI=1S/C5H12NOSi.2Li/c1-5(7)6-8(2,3)4;;/h7H,1H2,2-4H3;;/q-1;2*+1/p-1. The fourth-order valence-corrected chi connectivity index (χ4v) is 1.12. The van der Waals surface area contributed by atoms with Crippen LogP contribution in [0.3, 0.4) is 0 Å². The van der Waals surface area contributed by atoms with Crippen LogP contribution in [0.1, 0.15) is 0 Å². The second-order valence-corrected chi connectivity index (χ2v) is 7.24. The fraction of sp³-hybridized carbons (Fsp3) is 0.600. The predicted molar refractivity (Wildman–Crippen MR) is 35.8 cm³/mol. The normalized spacial score (nSPS) is 8.70. The van der Waals surface area contributed by atoms with Crippen molar-refractivity contribution in [2.45, 2.75) is 19.6 Å². The van der Waals surface area contributed by atoms with Gasteiger partial charge in [-0.1, -0.05) is 27.9 Å². The zero-order chi connectivity index (χ0) is 6.78. The van der Waals surface area contributed by atoms with Crippen LogP contribution in [-0.4, -0.2) is 8.24 Å². The van der Waals surface area contributed by atoms with Crippen LogP contribution in [-0.2, 0) is 0 Å². The molecule has 0 aliphatic rings. The molecule has 0 rings (SSSR count). The first-order chi connectivity index (χ1) is 3.42. The molecule has 5 heteroatoms. The molecule has 48 valence electrons. The summed E-state index contributed by atoms with van der Waals surface area (Å²) < 4.78 is 0. The van der Waals surface area contributed by atoms with E-state index in [0.717, 1.165) is 0 Å². The number of nitrogens with zero attached hydrogens (tertiary/aromatic N) is 1. The molecule has 10 heavy (non-hydrogen) atoms. The van der Waals surface area contributed by atoms with Gasteiger partial charge in [-0.05, 0) is 0 Å². The molecule has 0 atom stereocenters. The molecule has 0 fully saturated rings. The van der Waals surface area contributed by atoms with Gasteiger partial charge < -0.3 is 10.1 Å². The molecule has 0 unspecified atom stereocenters. The van der Waals surface area contributed by atoms with Gasteiger partial charge in [0.25, 0.3) is 0 Å². The van der Waals surface area contributed by atoms with Gasteiger partial charge in [-0.15, -0.1) is 6.58 Å². The topological polar surface area (TPSA) is 37.2 Å². The third-order valence-electron chi connectivity index (χ3n) is 0.460. The first-order valence-electron chi connectivity index (χ1n) is 2.50. The Balaban J connectivity index is -0.000000245. The molecule has 0 saturated heterocycles. The Morgan fingerprint density at radius 3 is 1.60 bits per heavy atom. The number of rotatable bonds is 2. The van der Waals surface area contributed by atoms with E-state index in [9.17, 15) is 5.11 Å². The van der Waals surface area contributed by atoms with Crippen LogP contribution >= 0.6 is 0 Å². The van der Waals surface area contributed by atoms with Crippen molar-refractivity contribution >= 4 is 8.24 Å². The number of hydrogen-bond donors (Lipinski definition) is 0. The van der Waals surface area contributed by atoms with Crippen molar-refractivity contribution in [3.05, 3.63) is 17.4 Å². The van der Waals surface area contributed by atoms with E-state index in [0.29, 0.717) is 0 Å². The van der Waals surface area contributed by atoms with Crippen molar-refractivity contribution in [2.24, 2.45) is 0 Å². The van der Waals surface area contributed by atoms with Gasteiger partial charge in [0.1, 0.15) is 0 Å². The molecule has 0 radical (unpaired) electrons. The molecular weight excluding hydrogens is 132 g/mol. The summed E-state index contributed by atoms with van der Waals surface area (Å²) >= 11 is 0. The Morgan fingerprint density at radius 2 is 1.60 bits per heavy atom. The molecule has 0 heterocycles. The van der Waals surface area contributed by atoms with Crippen LogP contribution in [0.15, 0.2) is 12.5 Å². The molecule has 0 spiro atoms. The molecule has 0 saturated carbocycles. The van der Waals surface area contributed by atoms with E-state index in [1.54, 1.807) is 0 Å². The summed E-state index contributed by atoms with van der Waals surface area (Å²) in [4.78, 5) is 3.80. The molecule has 0 N–H and O–H groups in total. The molecule has 0 aromatic carbocycles. The summed E-state index contributed by atoms with van der Waals surface area (Å²) in [6.07, 6.45) is 0. The van der Waals surface area contributed by atoms with Crippen molar-refractivity contribution in [1.82, 2.24) is 0 Å². The Morgan fingerprint density at radius 1 is 1.30 bits per heavy atom. The minimum absolute atomic E-state index is 0. The molecule has 0 amide bonds. The van der Waals surface area contributed by atoms with Gasteiger partial charge in [0.2, 0.25) is 0 Å². The van der Waals surface area contributed by atoms with Crippen LogP contribution in [0.4, 0.5) is 0 Å². The summed E-state index contributed by atoms with van der Waals surface area (Å²) in [5.74, 6) is -0.288. The molecule has 0 aliphatic carbocycles. The van der Waals surface area contributed by atoms with E-state index >= 15 is 0 Å². The average molecular weight is 143 g/mol. The second-order valence-electron chi connectivity index (χ2n) is 2.68. The van der Waals surface area contributed by atoms with Crippen LogP contribution in [0.2, 0.25) is 19.6 Å². The molecule has 0 aromatic heterocycles. The van der Waals surface area contributed by atoms with Crippen molar-refractivity contribution < 1.29 is 42.8 Å².